The highest BCUT2D eigenvalue weighted by Gasteiger charge is 2.23. The second-order valence-corrected chi connectivity index (χ2v) is 8.18. The van der Waals surface area contributed by atoms with E-state index < -0.39 is 0 Å². The van der Waals surface area contributed by atoms with Gasteiger partial charge >= 0.3 is 0 Å². The highest BCUT2D eigenvalue weighted by Crippen LogP contribution is 2.19. The maximum Gasteiger partial charge on any atom is 0.217 e. The average molecular weight is 386 g/mol. The molecule has 6 heteroatoms. The second-order valence-electron chi connectivity index (χ2n) is 8.18. The maximum atomic E-state index is 11.2. The first kappa shape index (κ1) is 20.6. The van der Waals surface area contributed by atoms with Crippen molar-refractivity contribution in [3.05, 3.63) is 35.4 Å². The van der Waals surface area contributed by atoms with Gasteiger partial charge in [-0.05, 0) is 55.8 Å². The summed E-state index contributed by atoms with van der Waals surface area (Å²) in [5.74, 6) is 1.03. The van der Waals surface area contributed by atoms with Crippen molar-refractivity contribution < 1.29 is 4.79 Å². The predicted octanol–water partition coefficient (Wildman–Crippen LogP) is 2.34. The normalized spacial score (nSPS) is 21.5. The summed E-state index contributed by atoms with van der Waals surface area (Å²) in [4.78, 5) is 20.5. The Morgan fingerprint density at radius 2 is 1.82 bits per heavy atom. The van der Waals surface area contributed by atoms with E-state index in [0.29, 0.717) is 12.3 Å². The summed E-state index contributed by atoms with van der Waals surface area (Å²) >= 11 is 0. The Morgan fingerprint density at radius 1 is 1.11 bits per heavy atom. The van der Waals surface area contributed by atoms with Crippen LogP contribution in [0.5, 0.6) is 0 Å². The zero-order chi connectivity index (χ0) is 19.8. The van der Waals surface area contributed by atoms with Gasteiger partial charge in [0, 0.05) is 39.6 Å². The highest BCUT2D eigenvalue weighted by atomic mass is 16.1. The minimum Gasteiger partial charge on any atom is -0.370 e. The molecule has 154 valence electrons. The number of rotatable bonds is 6. The molecule has 0 bridgehead atoms. The van der Waals surface area contributed by atoms with Gasteiger partial charge in [-0.15, -0.1) is 0 Å². The van der Waals surface area contributed by atoms with Gasteiger partial charge in [-0.25, -0.2) is 0 Å². The summed E-state index contributed by atoms with van der Waals surface area (Å²) in [5, 5.41) is 3.48. The molecule has 0 aromatic heterocycles. The lowest BCUT2D eigenvalue weighted by Crippen LogP contribution is -2.46. The van der Waals surface area contributed by atoms with E-state index in [1.807, 2.05) is 7.05 Å². The van der Waals surface area contributed by atoms with Crippen molar-refractivity contribution in [1.82, 2.24) is 15.1 Å². The van der Waals surface area contributed by atoms with Crippen molar-refractivity contribution in [3.8, 4) is 0 Å². The Morgan fingerprint density at radius 3 is 2.50 bits per heavy atom. The van der Waals surface area contributed by atoms with Crippen molar-refractivity contribution in [2.75, 3.05) is 33.2 Å². The molecule has 3 N–H and O–H groups in total. The first-order valence-corrected chi connectivity index (χ1v) is 10.7. The number of hydrogen-bond acceptors (Lipinski definition) is 3. The summed E-state index contributed by atoms with van der Waals surface area (Å²) in [6, 6.07) is 8.92. The second kappa shape index (κ2) is 10.5. The van der Waals surface area contributed by atoms with Gasteiger partial charge in [0.25, 0.3) is 0 Å². The number of hydrogen-bond donors (Lipinski definition) is 2. The third-order valence-corrected chi connectivity index (χ3v) is 5.85. The van der Waals surface area contributed by atoms with Crippen LogP contribution in [-0.4, -0.2) is 54.9 Å². The van der Waals surface area contributed by atoms with Crippen molar-refractivity contribution in [1.29, 1.82) is 0 Å². The molecule has 1 unspecified atom stereocenters. The van der Waals surface area contributed by atoms with E-state index in [4.69, 9.17) is 5.73 Å². The van der Waals surface area contributed by atoms with E-state index in [0.717, 1.165) is 45.0 Å². The molecule has 1 aromatic rings. The third kappa shape index (κ3) is 6.23. The molecule has 2 aliphatic rings. The molecule has 2 heterocycles. The number of benzene rings is 1. The van der Waals surface area contributed by atoms with Gasteiger partial charge in [0.2, 0.25) is 5.91 Å². The molecule has 2 fully saturated rings. The first-order chi connectivity index (χ1) is 13.6. The zero-order valence-electron chi connectivity index (χ0n) is 17.2. The van der Waals surface area contributed by atoms with Crippen LogP contribution in [0.2, 0.25) is 0 Å². The van der Waals surface area contributed by atoms with Crippen molar-refractivity contribution in [2.45, 2.75) is 51.6 Å². The van der Waals surface area contributed by atoms with E-state index in [1.54, 1.807) is 0 Å². The summed E-state index contributed by atoms with van der Waals surface area (Å²) < 4.78 is 0. The quantitative estimate of drug-likeness (QED) is 0.582. The number of carbonyl (C=O) groups is 1. The Kier molecular flexibility index (Phi) is 7.71. The van der Waals surface area contributed by atoms with Crippen LogP contribution in [0.4, 0.5) is 0 Å². The van der Waals surface area contributed by atoms with E-state index in [2.05, 4.69) is 44.4 Å². The van der Waals surface area contributed by atoms with Crippen LogP contribution in [-0.2, 0) is 17.9 Å². The lowest BCUT2D eigenvalue weighted by molar-refractivity contribution is -0.119. The minimum absolute atomic E-state index is 0.209. The fourth-order valence-electron chi connectivity index (χ4n) is 4.36. The van der Waals surface area contributed by atoms with Gasteiger partial charge in [0.05, 0.1) is 0 Å². The molecule has 0 spiro atoms. The van der Waals surface area contributed by atoms with Crippen molar-refractivity contribution in [3.63, 3.8) is 0 Å². The van der Waals surface area contributed by atoms with Crippen LogP contribution in [0.1, 0.15) is 49.7 Å². The van der Waals surface area contributed by atoms with E-state index in [1.165, 1.54) is 43.5 Å². The van der Waals surface area contributed by atoms with Gasteiger partial charge in [-0.1, -0.05) is 30.7 Å². The van der Waals surface area contributed by atoms with Gasteiger partial charge in [0.1, 0.15) is 0 Å². The minimum atomic E-state index is -0.209. The number of primary amides is 1. The van der Waals surface area contributed by atoms with Crippen LogP contribution in [0, 0.1) is 5.92 Å². The van der Waals surface area contributed by atoms with Crippen LogP contribution in [0.25, 0.3) is 0 Å². The molecule has 0 radical (unpaired) electrons. The standard InChI is InChI=1S/C22H35N5O/c1-24-22(27-13-5-6-20(17-27)14-21(23)28)25-15-18-7-9-19(10-8-18)16-26-11-3-2-4-12-26/h7-10,20H,2-6,11-17H2,1H3,(H2,23,28)(H,24,25). The molecule has 0 aliphatic carbocycles. The van der Waals surface area contributed by atoms with Crippen LogP contribution in [0.3, 0.4) is 0 Å². The number of carbonyl (C=O) groups excluding carboxylic acids is 1. The van der Waals surface area contributed by atoms with E-state index in [9.17, 15) is 4.79 Å². The summed E-state index contributed by atoms with van der Waals surface area (Å²) in [6.07, 6.45) is 6.64. The predicted molar refractivity (Wildman–Crippen MR) is 114 cm³/mol. The maximum absolute atomic E-state index is 11.2. The highest BCUT2D eigenvalue weighted by molar-refractivity contribution is 5.80. The van der Waals surface area contributed by atoms with Crippen LogP contribution < -0.4 is 11.1 Å². The SMILES string of the molecule is CN=C(NCc1ccc(CN2CCCCC2)cc1)N1CCCC(CC(N)=O)C1. The number of nitrogens with two attached hydrogens (primary N) is 1. The zero-order valence-corrected chi connectivity index (χ0v) is 17.2. The summed E-state index contributed by atoms with van der Waals surface area (Å²) in [6.45, 7) is 6.09. The van der Waals surface area contributed by atoms with Crippen molar-refractivity contribution in [2.24, 2.45) is 16.6 Å². The number of nitrogens with zero attached hydrogens (tertiary/aromatic N) is 3. The number of piperidine rings is 2. The Hall–Kier alpha value is -2.08. The molecule has 2 saturated heterocycles. The summed E-state index contributed by atoms with van der Waals surface area (Å²) in [5.41, 5.74) is 8.02. The fourth-order valence-corrected chi connectivity index (χ4v) is 4.36. The average Bonchev–Trinajstić information content (AvgIpc) is 2.70. The van der Waals surface area contributed by atoms with E-state index >= 15 is 0 Å². The van der Waals surface area contributed by atoms with Gasteiger partial charge in [-0.3, -0.25) is 14.7 Å². The topological polar surface area (TPSA) is 74.0 Å². The molecule has 1 aromatic carbocycles. The number of aliphatic imine (C=N–C) groups is 1. The number of guanidine groups is 1. The molecular formula is C22H35N5O. The van der Waals surface area contributed by atoms with Crippen LogP contribution >= 0.6 is 0 Å². The Bertz CT molecular complexity index is 651. The molecular weight excluding hydrogens is 350 g/mol. The molecule has 0 saturated carbocycles. The Balaban J connectivity index is 1.48. The Labute approximate surface area is 169 Å². The molecule has 3 rings (SSSR count). The summed E-state index contributed by atoms with van der Waals surface area (Å²) in [7, 11) is 1.82. The van der Waals surface area contributed by atoms with E-state index in [-0.39, 0.29) is 5.91 Å². The smallest absolute Gasteiger partial charge is 0.217 e. The first-order valence-electron chi connectivity index (χ1n) is 10.7. The molecule has 1 amide bonds. The third-order valence-electron chi connectivity index (χ3n) is 5.85. The molecule has 1 atom stereocenters. The van der Waals surface area contributed by atoms with Crippen molar-refractivity contribution >= 4 is 11.9 Å². The van der Waals surface area contributed by atoms with Crippen LogP contribution in [0.15, 0.2) is 29.3 Å². The monoisotopic (exact) mass is 385 g/mol. The van der Waals surface area contributed by atoms with Gasteiger partial charge < -0.3 is 16.0 Å². The number of likely N-dealkylation sites (tertiary alicyclic amines) is 2. The number of amides is 1. The lowest BCUT2D eigenvalue weighted by atomic mass is 9.95. The number of nitrogens with one attached hydrogen (secondary N) is 1. The lowest BCUT2D eigenvalue weighted by Gasteiger charge is -2.34. The molecule has 6 nitrogen and oxygen atoms in total. The molecule has 2 aliphatic heterocycles. The largest absolute Gasteiger partial charge is 0.370 e. The van der Waals surface area contributed by atoms with Gasteiger partial charge in [-0.2, -0.15) is 0 Å². The fraction of sp³-hybridized carbons (Fsp3) is 0.636. The molecule has 28 heavy (non-hydrogen) atoms. The van der Waals surface area contributed by atoms with Gasteiger partial charge in [0.15, 0.2) is 5.96 Å².